The van der Waals surface area contributed by atoms with Crippen molar-refractivity contribution in [3.8, 4) is 0 Å². The van der Waals surface area contributed by atoms with Crippen LogP contribution in [0, 0.1) is 0 Å². The van der Waals surface area contributed by atoms with Gasteiger partial charge in [-0.05, 0) is 0 Å². The summed E-state index contributed by atoms with van der Waals surface area (Å²) in [6.07, 6.45) is 1.54. The fourth-order valence-electron chi connectivity index (χ4n) is 0.841. The molecule has 0 aliphatic heterocycles. The second-order valence-corrected chi connectivity index (χ2v) is 2.36. The Kier molecular flexibility index (Phi) is 1.22. The quantitative estimate of drug-likeness (QED) is 0.607. The number of nitrogens with two attached hydrogens (primary N) is 1. The molecule has 0 saturated carbocycles. The first kappa shape index (κ1) is 6.42. The maximum Gasteiger partial charge on any atom is 0.293 e. The summed E-state index contributed by atoms with van der Waals surface area (Å²) < 4.78 is 4.99. The van der Waals surface area contributed by atoms with Crippen molar-refractivity contribution in [3.05, 3.63) is 17.4 Å². The normalized spacial score (nSPS) is 10.6. The summed E-state index contributed by atoms with van der Waals surface area (Å²) in [4.78, 5) is 7.64. The van der Waals surface area contributed by atoms with Crippen molar-refractivity contribution in [2.24, 2.45) is 0 Å². The van der Waals surface area contributed by atoms with Crippen LogP contribution in [0.2, 0.25) is 5.15 Å². The molecule has 2 aromatic heterocycles. The SMILES string of the molecule is Nc1nc2c(Cl)nccc2o1. The zero-order chi connectivity index (χ0) is 7.84. The van der Waals surface area contributed by atoms with Gasteiger partial charge in [0.25, 0.3) is 6.01 Å². The van der Waals surface area contributed by atoms with E-state index >= 15 is 0 Å². The number of halogens is 1. The van der Waals surface area contributed by atoms with E-state index in [1.807, 2.05) is 0 Å². The Bertz CT molecular complexity index is 398. The summed E-state index contributed by atoms with van der Waals surface area (Å²) in [5, 5.41) is 0.308. The third-order valence-corrected chi connectivity index (χ3v) is 1.56. The fourth-order valence-corrected chi connectivity index (χ4v) is 1.03. The molecule has 5 heteroatoms. The van der Waals surface area contributed by atoms with Crippen molar-refractivity contribution in [3.63, 3.8) is 0 Å². The highest BCUT2D eigenvalue weighted by Crippen LogP contribution is 2.21. The lowest BCUT2D eigenvalue weighted by Gasteiger charge is -1.85. The van der Waals surface area contributed by atoms with Gasteiger partial charge in [-0.15, -0.1) is 0 Å². The molecule has 0 atom stereocenters. The number of aromatic nitrogens is 2. The number of nitrogens with zero attached hydrogens (tertiary/aromatic N) is 2. The largest absolute Gasteiger partial charge is 0.424 e. The maximum atomic E-state index is 5.68. The molecule has 0 spiro atoms. The molecule has 0 unspecified atom stereocenters. The summed E-state index contributed by atoms with van der Waals surface area (Å²) in [5.74, 6) is 0. The Morgan fingerprint density at radius 3 is 3.09 bits per heavy atom. The molecule has 2 N–H and O–H groups in total. The highest BCUT2D eigenvalue weighted by atomic mass is 35.5. The van der Waals surface area contributed by atoms with Gasteiger partial charge in [-0.2, -0.15) is 4.98 Å². The molecule has 2 heterocycles. The van der Waals surface area contributed by atoms with Crippen LogP contribution in [0.4, 0.5) is 6.01 Å². The van der Waals surface area contributed by atoms with E-state index in [-0.39, 0.29) is 6.01 Å². The Hall–Kier alpha value is -1.29. The second kappa shape index (κ2) is 2.10. The van der Waals surface area contributed by atoms with Gasteiger partial charge in [0.1, 0.15) is 5.52 Å². The highest BCUT2D eigenvalue weighted by molar-refractivity contribution is 6.33. The zero-order valence-electron chi connectivity index (χ0n) is 5.41. The summed E-state index contributed by atoms with van der Waals surface area (Å²) in [7, 11) is 0. The van der Waals surface area contributed by atoms with Crippen LogP contribution in [0.15, 0.2) is 16.7 Å². The van der Waals surface area contributed by atoms with Gasteiger partial charge in [0.15, 0.2) is 10.7 Å². The Morgan fingerprint density at radius 2 is 2.36 bits per heavy atom. The van der Waals surface area contributed by atoms with Crippen molar-refractivity contribution in [1.29, 1.82) is 0 Å². The Morgan fingerprint density at radius 1 is 1.55 bits per heavy atom. The average Bonchev–Trinajstić information content (AvgIpc) is 2.31. The monoisotopic (exact) mass is 169 g/mol. The number of rotatable bonds is 0. The van der Waals surface area contributed by atoms with E-state index in [4.69, 9.17) is 21.8 Å². The predicted molar refractivity (Wildman–Crippen MR) is 41.2 cm³/mol. The maximum absolute atomic E-state index is 5.68. The lowest BCUT2D eigenvalue weighted by atomic mass is 10.4. The van der Waals surface area contributed by atoms with Gasteiger partial charge in [0, 0.05) is 12.3 Å². The van der Waals surface area contributed by atoms with E-state index < -0.39 is 0 Å². The lowest BCUT2D eigenvalue weighted by molar-refractivity contribution is 0.626. The number of nitrogen functional groups attached to an aromatic ring is 1. The van der Waals surface area contributed by atoms with Crippen molar-refractivity contribution in [2.75, 3.05) is 5.73 Å². The van der Waals surface area contributed by atoms with Crippen LogP contribution in [0.3, 0.4) is 0 Å². The minimum absolute atomic E-state index is 0.106. The predicted octanol–water partition coefficient (Wildman–Crippen LogP) is 1.46. The molecule has 0 bridgehead atoms. The van der Waals surface area contributed by atoms with E-state index in [1.165, 1.54) is 6.20 Å². The number of pyridine rings is 1. The molecule has 0 aliphatic rings. The molecule has 11 heavy (non-hydrogen) atoms. The summed E-state index contributed by atoms with van der Waals surface area (Å²) in [6, 6.07) is 1.76. The molecule has 0 radical (unpaired) electrons. The number of hydrogen-bond acceptors (Lipinski definition) is 4. The van der Waals surface area contributed by atoms with Gasteiger partial charge >= 0.3 is 0 Å². The van der Waals surface area contributed by atoms with Crippen molar-refractivity contribution < 1.29 is 4.42 Å². The van der Waals surface area contributed by atoms with Gasteiger partial charge in [0.2, 0.25) is 0 Å². The van der Waals surface area contributed by atoms with E-state index in [0.717, 1.165) is 0 Å². The second-order valence-electron chi connectivity index (χ2n) is 2.00. The van der Waals surface area contributed by atoms with Crippen LogP contribution >= 0.6 is 11.6 Å². The van der Waals surface area contributed by atoms with Crippen LogP contribution in [0.1, 0.15) is 0 Å². The van der Waals surface area contributed by atoms with Crippen LogP contribution in [-0.4, -0.2) is 9.97 Å². The molecule has 2 rings (SSSR count). The topological polar surface area (TPSA) is 64.9 Å². The lowest BCUT2D eigenvalue weighted by Crippen LogP contribution is -1.81. The molecule has 0 aliphatic carbocycles. The molecule has 0 amide bonds. The summed E-state index contributed by atoms with van der Waals surface area (Å²) >= 11 is 5.68. The molecular weight excluding hydrogens is 166 g/mol. The molecule has 0 aromatic carbocycles. The number of oxazole rings is 1. The third-order valence-electron chi connectivity index (χ3n) is 1.28. The van der Waals surface area contributed by atoms with Crippen molar-refractivity contribution in [2.45, 2.75) is 0 Å². The molecule has 56 valence electrons. The molecule has 2 aromatic rings. The smallest absolute Gasteiger partial charge is 0.293 e. The van der Waals surface area contributed by atoms with Gasteiger partial charge < -0.3 is 10.2 Å². The van der Waals surface area contributed by atoms with E-state index in [2.05, 4.69) is 9.97 Å². The molecular formula is C6H4ClN3O. The van der Waals surface area contributed by atoms with Crippen molar-refractivity contribution >= 4 is 28.7 Å². The molecule has 0 saturated heterocycles. The summed E-state index contributed by atoms with van der Waals surface area (Å²) in [5.41, 5.74) is 6.36. The number of anilines is 1. The minimum atomic E-state index is 0.106. The zero-order valence-corrected chi connectivity index (χ0v) is 6.17. The standard InChI is InChI=1S/C6H4ClN3O/c7-5-4-3(1-2-9-5)11-6(8)10-4/h1-2H,(H2,8,10). The number of fused-ring (bicyclic) bond motifs is 1. The highest BCUT2D eigenvalue weighted by Gasteiger charge is 2.05. The fraction of sp³-hybridized carbons (Fsp3) is 0. The molecule has 4 nitrogen and oxygen atoms in total. The average molecular weight is 170 g/mol. The first-order valence-corrected chi connectivity index (χ1v) is 3.31. The first-order valence-electron chi connectivity index (χ1n) is 2.94. The van der Waals surface area contributed by atoms with E-state index in [1.54, 1.807) is 6.07 Å². The van der Waals surface area contributed by atoms with Gasteiger partial charge in [-0.3, -0.25) is 0 Å². The summed E-state index contributed by atoms with van der Waals surface area (Å²) in [6.45, 7) is 0. The van der Waals surface area contributed by atoms with Crippen LogP contribution in [0.5, 0.6) is 0 Å². The van der Waals surface area contributed by atoms with Crippen LogP contribution in [-0.2, 0) is 0 Å². The minimum Gasteiger partial charge on any atom is -0.424 e. The van der Waals surface area contributed by atoms with E-state index in [9.17, 15) is 0 Å². The van der Waals surface area contributed by atoms with Crippen LogP contribution in [0.25, 0.3) is 11.1 Å². The van der Waals surface area contributed by atoms with Gasteiger partial charge in [-0.25, -0.2) is 4.98 Å². The van der Waals surface area contributed by atoms with Gasteiger partial charge in [0.05, 0.1) is 0 Å². The Balaban J connectivity index is 2.90. The van der Waals surface area contributed by atoms with E-state index in [0.29, 0.717) is 16.3 Å². The first-order chi connectivity index (χ1) is 5.27. The van der Waals surface area contributed by atoms with Crippen LogP contribution < -0.4 is 5.73 Å². The Labute approximate surface area is 67.0 Å². The third kappa shape index (κ3) is 0.914. The molecule has 0 fully saturated rings. The van der Waals surface area contributed by atoms with Gasteiger partial charge in [-0.1, -0.05) is 11.6 Å². The van der Waals surface area contributed by atoms with Crippen molar-refractivity contribution in [1.82, 2.24) is 9.97 Å². The number of hydrogen-bond donors (Lipinski definition) is 1.